The van der Waals surface area contributed by atoms with E-state index in [0.717, 1.165) is 10.5 Å². The van der Waals surface area contributed by atoms with Crippen LogP contribution in [-0.2, 0) is 16.9 Å². The Morgan fingerprint density at radius 3 is 2.70 bits per heavy atom. The van der Waals surface area contributed by atoms with Crippen LogP contribution in [0.1, 0.15) is 18.4 Å². The minimum atomic E-state index is -1.23. The lowest BCUT2D eigenvalue weighted by molar-refractivity contribution is -0.131. The van der Waals surface area contributed by atoms with Gasteiger partial charge in [0.25, 0.3) is 5.91 Å². The van der Waals surface area contributed by atoms with Crippen LogP contribution in [0.4, 0.5) is 4.79 Å². The Morgan fingerprint density at radius 2 is 1.90 bits per heavy atom. The Labute approximate surface area is 176 Å². The van der Waals surface area contributed by atoms with Crippen molar-refractivity contribution in [1.29, 1.82) is 0 Å². The zero-order valence-corrected chi connectivity index (χ0v) is 16.6. The molecule has 1 atom stereocenters. The number of carbonyl (C=O) groups excluding carboxylic acids is 2. The van der Waals surface area contributed by atoms with E-state index in [2.05, 4.69) is 10.3 Å². The predicted molar refractivity (Wildman–Crippen MR) is 106 cm³/mol. The van der Waals surface area contributed by atoms with E-state index in [1.54, 1.807) is 55.6 Å². The molecule has 0 aliphatic carbocycles. The fraction of sp³-hybridized carbons (Fsp3) is 0.190. The van der Waals surface area contributed by atoms with Crippen molar-refractivity contribution >= 4 is 23.5 Å². The average molecular weight is 426 g/mol. The number of hydrogen-bond donors (Lipinski definition) is 1. The lowest BCUT2D eigenvalue weighted by Gasteiger charge is -2.22. The van der Waals surface area contributed by atoms with Gasteiger partial charge in [-0.25, -0.2) is 9.78 Å². The Morgan fingerprint density at radius 1 is 1.13 bits per heavy atom. The van der Waals surface area contributed by atoms with E-state index in [-0.39, 0.29) is 19.2 Å². The summed E-state index contributed by atoms with van der Waals surface area (Å²) in [5, 5.41) is 3.37. The molecule has 8 nitrogen and oxygen atoms in total. The normalized spacial score (nSPS) is 20.0. The summed E-state index contributed by atoms with van der Waals surface area (Å²) >= 11 is 5.91. The van der Waals surface area contributed by atoms with Gasteiger partial charge in [0, 0.05) is 10.6 Å². The van der Waals surface area contributed by atoms with E-state index >= 15 is 0 Å². The first-order valence-electron chi connectivity index (χ1n) is 9.19. The van der Waals surface area contributed by atoms with Crippen molar-refractivity contribution in [3.05, 3.63) is 65.1 Å². The quantitative estimate of drug-likeness (QED) is 0.641. The Hall–Kier alpha value is -3.52. The molecule has 3 heterocycles. The number of ether oxygens (including phenoxy) is 2. The van der Waals surface area contributed by atoms with Crippen molar-refractivity contribution in [1.82, 2.24) is 15.2 Å². The zero-order chi connectivity index (χ0) is 20.9. The fourth-order valence-electron chi connectivity index (χ4n) is 3.51. The molecule has 9 heteroatoms. The standard InChI is InChI=1S/C21H16ClN3O5/c1-21(13-4-7-15-16(8-13)29-11-28-15)19(26)25(20(27)24-21)10-18-23-9-17(30-18)12-2-5-14(22)6-3-12/h2-9H,10-11H2,1H3,(H,24,27)/t21-/m1/s1. The summed E-state index contributed by atoms with van der Waals surface area (Å²) in [7, 11) is 0. The molecule has 5 rings (SSSR count). The van der Waals surface area contributed by atoms with Crippen LogP contribution in [0.3, 0.4) is 0 Å². The lowest BCUT2D eigenvalue weighted by Crippen LogP contribution is -2.40. The highest BCUT2D eigenvalue weighted by molar-refractivity contribution is 6.30. The Balaban J connectivity index is 1.38. The maximum atomic E-state index is 13.1. The number of rotatable bonds is 4. The summed E-state index contributed by atoms with van der Waals surface area (Å²) in [4.78, 5) is 31.0. The minimum Gasteiger partial charge on any atom is -0.454 e. The summed E-state index contributed by atoms with van der Waals surface area (Å²) < 4.78 is 16.4. The number of amides is 3. The number of nitrogens with one attached hydrogen (secondary N) is 1. The number of fused-ring (bicyclic) bond motifs is 1. The number of aromatic nitrogens is 1. The zero-order valence-electron chi connectivity index (χ0n) is 15.8. The van der Waals surface area contributed by atoms with E-state index in [1.165, 1.54) is 0 Å². The molecule has 0 radical (unpaired) electrons. The summed E-state index contributed by atoms with van der Waals surface area (Å²) in [5.41, 5.74) is 0.159. The third-order valence-electron chi connectivity index (χ3n) is 5.20. The van der Waals surface area contributed by atoms with E-state index in [1.807, 2.05) is 0 Å². The molecule has 1 aromatic heterocycles. The van der Waals surface area contributed by atoms with E-state index in [9.17, 15) is 9.59 Å². The lowest BCUT2D eigenvalue weighted by atomic mass is 9.91. The predicted octanol–water partition coefficient (Wildman–Crippen LogP) is 3.69. The van der Waals surface area contributed by atoms with Gasteiger partial charge in [-0.2, -0.15) is 0 Å². The minimum absolute atomic E-state index is 0.0849. The van der Waals surface area contributed by atoms with Crippen molar-refractivity contribution in [3.8, 4) is 22.8 Å². The molecule has 3 aromatic rings. The van der Waals surface area contributed by atoms with Crippen LogP contribution in [0.15, 0.2) is 53.1 Å². The second-order valence-electron chi connectivity index (χ2n) is 7.14. The van der Waals surface area contributed by atoms with Gasteiger partial charge < -0.3 is 19.2 Å². The Bertz CT molecular complexity index is 1160. The second kappa shape index (κ2) is 6.77. The molecule has 2 aliphatic rings. The third-order valence-corrected chi connectivity index (χ3v) is 5.45. The first-order valence-corrected chi connectivity index (χ1v) is 9.57. The van der Waals surface area contributed by atoms with Gasteiger partial charge in [0.05, 0.1) is 6.20 Å². The number of carbonyl (C=O) groups is 2. The summed E-state index contributed by atoms with van der Waals surface area (Å²) in [5.74, 6) is 1.50. The van der Waals surface area contributed by atoms with Crippen LogP contribution in [0.25, 0.3) is 11.3 Å². The van der Waals surface area contributed by atoms with Gasteiger partial charge in [-0.3, -0.25) is 9.69 Å². The second-order valence-corrected chi connectivity index (χ2v) is 7.58. The molecule has 0 spiro atoms. The SMILES string of the molecule is C[C@]1(c2ccc3c(c2)OCO3)NC(=O)N(Cc2ncc(-c3ccc(Cl)cc3)o2)C1=O. The van der Waals surface area contributed by atoms with Crippen molar-refractivity contribution in [2.45, 2.75) is 19.0 Å². The molecule has 1 saturated heterocycles. The highest BCUT2D eigenvalue weighted by Gasteiger charge is 2.49. The largest absolute Gasteiger partial charge is 0.454 e. The maximum Gasteiger partial charge on any atom is 0.325 e. The molecular formula is C21H16ClN3O5. The number of imide groups is 1. The van der Waals surface area contributed by atoms with E-state index < -0.39 is 17.5 Å². The van der Waals surface area contributed by atoms with Crippen LogP contribution in [0, 0.1) is 0 Å². The summed E-state index contributed by atoms with van der Waals surface area (Å²) in [6, 6.07) is 11.7. The molecule has 152 valence electrons. The average Bonchev–Trinajstić information content (AvgIpc) is 3.44. The number of oxazole rings is 1. The highest BCUT2D eigenvalue weighted by Crippen LogP contribution is 2.38. The van der Waals surface area contributed by atoms with Crippen LogP contribution < -0.4 is 14.8 Å². The maximum absolute atomic E-state index is 13.1. The van der Waals surface area contributed by atoms with Gasteiger partial charge in [0.15, 0.2) is 17.3 Å². The number of benzene rings is 2. The van der Waals surface area contributed by atoms with Gasteiger partial charge in [-0.1, -0.05) is 17.7 Å². The molecule has 2 aliphatic heterocycles. The molecule has 1 N–H and O–H groups in total. The molecule has 0 saturated carbocycles. The van der Waals surface area contributed by atoms with Gasteiger partial charge in [0.1, 0.15) is 12.1 Å². The molecule has 0 bridgehead atoms. The van der Waals surface area contributed by atoms with Crippen LogP contribution in [0.5, 0.6) is 11.5 Å². The van der Waals surface area contributed by atoms with Crippen LogP contribution in [-0.4, -0.2) is 28.6 Å². The number of halogens is 1. The fourth-order valence-corrected chi connectivity index (χ4v) is 3.64. The highest BCUT2D eigenvalue weighted by atomic mass is 35.5. The summed E-state index contributed by atoms with van der Waals surface area (Å²) in [6.07, 6.45) is 1.55. The van der Waals surface area contributed by atoms with Crippen LogP contribution >= 0.6 is 11.6 Å². The van der Waals surface area contributed by atoms with Gasteiger partial charge in [-0.05, 0) is 48.9 Å². The Kier molecular flexibility index (Phi) is 4.18. The molecule has 3 amide bonds. The first-order chi connectivity index (χ1) is 14.4. The van der Waals surface area contributed by atoms with Crippen LogP contribution in [0.2, 0.25) is 5.02 Å². The summed E-state index contributed by atoms with van der Waals surface area (Å²) in [6.45, 7) is 1.69. The molecule has 0 unspecified atom stereocenters. The van der Waals surface area contributed by atoms with Crippen molar-refractivity contribution in [2.24, 2.45) is 0 Å². The van der Waals surface area contributed by atoms with Crippen molar-refractivity contribution < 1.29 is 23.5 Å². The molecule has 30 heavy (non-hydrogen) atoms. The van der Waals surface area contributed by atoms with Crippen molar-refractivity contribution in [3.63, 3.8) is 0 Å². The number of urea groups is 1. The van der Waals surface area contributed by atoms with Gasteiger partial charge in [0.2, 0.25) is 12.7 Å². The molecular weight excluding hydrogens is 410 g/mol. The van der Waals surface area contributed by atoms with E-state index in [4.69, 9.17) is 25.5 Å². The van der Waals surface area contributed by atoms with E-state index in [0.29, 0.717) is 27.8 Å². The number of hydrogen-bond acceptors (Lipinski definition) is 6. The van der Waals surface area contributed by atoms with Gasteiger partial charge >= 0.3 is 6.03 Å². The third kappa shape index (κ3) is 2.96. The van der Waals surface area contributed by atoms with Gasteiger partial charge in [-0.15, -0.1) is 0 Å². The first kappa shape index (κ1) is 18.5. The molecule has 1 fully saturated rings. The topological polar surface area (TPSA) is 93.9 Å². The smallest absolute Gasteiger partial charge is 0.325 e. The van der Waals surface area contributed by atoms with Crippen molar-refractivity contribution in [2.75, 3.05) is 6.79 Å². The number of nitrogens with zero attached hydrogens (tertiary/aromatic N) is 2. The monoisotopic (exact) mass is 425 g/mol. The molecule has 2 aromatic carbocycles.